The maximum absolute atomic E-state index is 7.50. The Balaban J connectivity index is 1.89. The van der Waals surface area contributed by atoms with Crippen LogP contribution in [0.4, 0.5) is 5.69 Å². The molecule has 138 valence electrons. The van der Waals surface area contributed by atoms with Crippen molar-refractivity contribution in [2.45, 2.75) is 6.92 Å². The molecule has 0 spiro atoms. The molecule has 0 atom stereocenters. The normalized spacial score (nSPS) is 11.1. The first-order valence-electron chi connectivity index (χ1n) is 9.54. The van der Waals surface area contributed by atoms with E-state index in [0.29, 0.717) is 5.69 Å². The lowest BCUT2D eigenvalue weighted by molar-refractivity contribution is -0.660. The average molecular weight is 375 g/mol. The zero-order chi connectivity index (χ0) is 20.0. The molecule has 2 aromatic heterocycles. The number of hydrogen-bond acceptors (Lipinski definition) is 1. The third kappa shape index (κ3) is 2.78. The molecule has 3 heteroatoms. The first kappa shape index (κ1) is 17.2. The van der Waals surface area contributed by atoms with Crippen molar-refractivity contribution in [1.29, 1.82) is 0 Å². The van der Waals surface area contributed by atoms with Gasteiger partial charge in [0.1, 0.15) is 18.2 Å². The molecule has 0 saturated heterocycles. The summed E-state index contributed by atoms with van der Waals surface area (Å²) in [5.74, 6) is 0. The van der Waals surface area contributed by atoms with Crippen molar-refractivity contribution >= 4 is 27.6 Å². The zero-order valence-corrected chi connectivity index (χ0v) is 16.3. The third-order valence-electron chi connectivity index (χ3n) is 5.45. The summed E-state index contributed by atoms with van der Waals surface area (Å²) >= 11 is 0. The summed E-state index contributed by atoms with van der Waals surface area (Å²) in [6.07, 6.45) is 2.06. The van der Waals surface area contributed by atoms with Gasteiger partial charge in [-0.3, -0.25) is 0 Å². The van der Waals surface area contributed by atoms with E-state index >= 15 is 0 Å². The van der Waals surface area contributed by atoms with E-state index < -0.39 is 0 Å². The molecule has 0 aliphatic heterocycles. The molecule has 3 nitrogen and oxygen atoms in total. The second kappa shape index (κ2) is 6.61. The molecule has 29 heavy (non-hydrogen) atoms. The van der Waals surface area contributed by atoms with Gasteiger partial charge < -0.3 is 4.42 Å². The number of aromatic nitrogens is 1. The first-order chi connectivity index (χ1) is 14.2. The van der Waals surface area contributed by atoms with Crippen LogP contribution in [0, 0.1) is 13.5 Å². The maximum atomic E-state index is 7.50. The van der Waals surface area contributed by atoms with Gasteiger partial charge >= 0.3 is 0 Å². The average Bonchev–Trinajstić information content (AvgIpc) is 3.10. The lowest BCUT2D eigenvalue weighted by Gasteiger charge is -2.07. The molecule has 0 amide bonds. The fourth-order valence-corrected chi connectivity index (χ4v) is 4.03. The highest BCUT2D eigenvalue weighted by Crippen LogP contribution is 2.41. The number of furan rings is 1. The van der Waals surface area contributed by atoms with Crippen molar-refractivity contribution < 1.29 is 8.98 Å². The van der Waals surface area contributed by atoms with Gasteiger partial charge in [-0.15, -0.1) is 0 Å². The van der Waals surface area contributed by atoms with Crippen LogP contribution in [0.5, 0.6) is 0 Å². The highest BCUT2D eigenvalue weighted by Gasteiger charge is 2.19. The summed E-state index contributed by atoms with van der Waals surface area (Å²) in [7, 11) is 2.06. The number of fused-ring (bicyclic) bond motifs is 3. The molecule has 0 aliphatic carbocycles. The summed E-state index contributed by atoms with van der Waals surface area (Å²) in [6, 6.07) is 24.5. The fraction of sp³-hybridized carbons (Fsp3) is 0.0769. The summed E-state index contributed by atoms with van der Waals surface area (Å²) in [6.45, 7) is 9.61. The van der Waals surface area contributed by atoms with E-state index in [1.54, 1.807) is 0 Å². The molecule has 5 rings (SSSR count). The van der Waals surface area contributed by atoms with Crippen molar-refractivity contribution in [2.24, 2.45) is 7.05 Å². The van der Waals surface area contributed by atoms with Crippen molar-refractivity contribution in [3.05, 3.63) is 96.0 Å². The molecule has 0 unspecified atom stereocenters. The largest absolute Gasteiger partial charge is 0.457 e. The molecule has 0 N–H and O–H groups in total. The van der Waals surface area contributed by atoms with Gasteiger partial charge in [-0.05, 0) is 53.9 Å². The van der Waals surface area contributed by atoms with E-state index in [4.69, 9.17) is 11.0 Å². The van der Waals surface area contributed by atoms with Crippen molar-refractivity contribution in [3.8, 4) is 22.4 Å². The minimum atomic E-state index is 0.585. The van der Waals surface area contributed by atoms with Crippen LogP contribution >= 0.6 is 0 Å². The molecule has 0 radical (unpaired) electrons. The van der Waals surface area contributed by atoms with Gasteiger partial charge in [-0.2, -0.15) is 0 Å². The lowest BCUT2D eigenvalue weighted by Crippen LogP contribution is -2.30. The molecule has 0 bridgehead atoms. The first-order valence-corrected chi connectivity index (χ1v) is 9.54. The molecular formula is C26H19N2O+. The van der Waals surface area contributed by atoms with E-state index in [1.807, 2.05) is 36.4 Å². The fourth-order valence-electron chi connectivity index (χ4n) is 4.03. The van der Waals surface area contributed by atoms with Crippen molar-refractivity contribution in [1.82, 2.24) is 0 Å². The second-order valence-corrected chi connectivity index (χ2v) is 7.31. The Bertz CT molecular complexity index is 1420. The topological polar surface area (TPSA) is 21.4 Å². The maximum Gasteiger partial charge on any atom is 0.212 e. The highest BCUT2D eigenvalue weighted by molar-refractivity contribution is 6.14. The van der Waals surface area contributed by atoms with Gasteiger partial charge in [-0.1, -0.05) is 30.3 Å². The van der Waals surface area contributed by atoms with E-state index in [0.717, 1.165) is 44.3 Å². The SMILES string of the molecule is [C-]#[N+]c1cc(-c2ccccc2)c2c(c1)oc1cc(C)c(-c3cccc[n+]3C)cc12. The number of nitrogens with zero attached hydrogens (tertiary/aromatic N) is 2. The van der Waals surface area contributed by atoms with Crippen LogP contribution in [0.2, 0.25) is 0 Å². The summed E-state index contributed by atoms with van der Waals surface area (Å²) in [5.41, 5.74) is 7.78. The molecule has 0 saturated carbocycles. The number of benzene rings is 3. The second-order valence-electron chi connectivity index (χ2n) is 7.31. The Morgan fingerprint density at radius 3 is 2.41 bits per heavy atom. The molecule has 0 aliphatic rings. The Kier molecular flexibility index (Phi) is 3.93. The summed E-state index contributed by atoms with van der Waals surface area (Å²) < 4.78 is 8.34. The predicted octanol–water partition coefficient (Wildman–Crippen LogP) is 6.60. The Morgan fingerprint density at radius 1 is 0.862 bits per heavy atom. The quantitative estimate of drug-likeness (QED) is 0.251. The Morgan fingerprint density at radius 2 is 1.66 bits per heavy atom. The minimum Gasteiger partial charge on any atom is -0.457 e. The minimum absolute atomic E-state index is 0.585. The number of rotatable bonds is 2. The van der Waals surface area contributed by atoms with E-state index in [-0.39, 0.29) is 0 Å². The standard InChI is InChI=1S/C26H19N2O/c1-17-13-24-22(16-20(17)23-11-7-8-12-28(23)3)26-21(18-9-5-4-6-10-18)14-19(27-2)15-25(26)29-24/h4-16H,1,3H3/q+1. The van der Waals surface area contributed by atoms with Gasteiger partial charge in [-0.25, -0.2) is 9.41 Å². The summed E-state index contributed by atoms with van der Waals surface area (Å²) in [5, 5.41) is 2.12. The molecule has 2 heterocycles. The summed E-state index contributed by atoms with van der Waals surface area (Å²) in [4.78, 5) is 3.66. The van der Waals surface area contributed by atoms with Gasteiger partial charge in [0, 0.05) is 28.5 Å². The highest BCUT2D eigenvalue weighted by atomic mass is 16.3. The van der Waals surface area contributed by atoms with E-state index in [1.165, 1.54) is 5.56 Å². The van der Waals surface area contributed by atoms with Crippen molar-refractivity contribution in [2.75, 3.05) is 0 Å². The van der Waals surface area contributed by atoms with Crippen molar-refractivity contribution in [3.63, 3.8) is 0 Å². The zero-order valence-electron chi connectivity index (χ0n) is 16.3. The molecule has 5 aromatic rings. The third-order valence-corrected chi connectivity index (χ3v) is 5.45. The number of aryl methyl sites for hydroxylation is 2. The predicted molar refractivity (Wildman–Crippen MR) is 117 cm³/mol. The lowest BCUT2D eigenvalue weighted by atomic mass is 9.96. The number of hydrogen-bond donors (Lipinski definition) is 0. The van der Waals surface area contributed by atoms with Crippen LogP contribution in [-0.2, 0) is 7.05 Å². The van der Waals surface area contributed by atoms with Gasteiger partial charge in [0.05, 0.1) is 6.57 Å². The molecule has 0 fully saturated rings. The van der Waals surface area contributed by atoms with Gasteiger partial charge in [0.2, 0.25) is 5.69 Å². The molecular weight excluding hydrogens is 356 g/mol. The van der Waals surface area contributed by atoms with Crippen LogP contribution in [-0.4, -0.2) is 0 Å². The monoisotopic (exact) mass is 375 g/mol. The van der Waals surface area contributed by atoms with E-state index in [2.05, 4.69) is 66.0 Å². The Labute approximate surface area is 169 Å². The number of pyridine rings is 1. The Hall–Kier alpha value is -3.90. The van der Waals surface area contributed by atoms with Crippen LogP contribution in [0.3, 0.4) is 0 Å². The van der Waals surface area contributed by atoms with Crippen LogP contribution in [0.15, 0.2) is 83.4 Å². The molecule has 3 aromatic carbocycles. The van der Waals surface area contributed by atoms with Crippen LogP contribution < -0.4 is 4.57 Å². The van der Waals surface area contributed by atoms with Gasteiger partial charge in [0.25, 0.3) is 0 Å². The van der Waals surface area contributed by atoms with Crippen LogP contribution in [0.25, 0.3) is 49.2 Å². The van der Waals surface area contributed by atoms with Gasteiger partial charge in [0.15, 0.2) is 11.9 Å². The smallest absolute Gasteiger partial charge is 0.212 e. The van der Waals surface area contributed by atoms with Crippen LogP contribution in [0.1, 0.15) is 5.56 Å². The van der Waals surface area contributed by atoms with E-state index in [9.17, 15) is 0 Å².